The lowest BCUT2D eigenvalue weighted by molar-refractivity contribution is 0.0695. The first-order valence-electron chi connectivity index (χ1n) is 21.1. The molecular formula is C54H43Br3F2I3N5O4. The van der Waals surface area contributed by atoms with Crippen LogP contribution in [-0.2, 0) is 19.6 Å². The maximum Gasteiger partial charge on any atom is 0.336 e. The number of nitrogens with one attached hydrogen (secondary N) is 2. The van der Waals surface area contributed by atoms with E-state index in [1.807, 2.05) is 173 Å². The molecule has 8 aromatic carbocycles. The van der Waals surface area contributed by atoms with Crippen molar-refractivity contribution in [3.63, 3.8) is 0 Å². The molecule has 0 unspecified atom stereocenters. The number of carbonyl (C=O) groups excluding carboxylic acids is 2. The Hall–Kier alpha value is -4.78. The summed E-state index contributed by atoms with van der Waals surface area (Å²) in [5.74, 6) is -1.73. The fourth-order valence-electron chi connectivity index (χ4n) is 6.28. The third-order valence-electron chi connectivity index (χ3n) is 9.83. The average Bonchev–Trinajstić information content (AvgIpc) is 3.48. The van der Waals surface area contributed by atoms with Crippen LogP contribution >= 0.6 is 116 Å². The number of carboxylic acid groups (broad SMARTS) is 1. The molecule has 9 rings (SSSR count). The number of halogens is 8. The zero-order chi connectivity index (χ0) is 51.5. The van der Waals surface area contributed by atoms with Crippen molar-refractivity contribution in [2.75, 3.05) is 16.0 Å². The number of amides is 2. The summed E-state index contributed by atoms with van der Waals surface area (Å²) in [6.45, 7) is 1.55. The number of nitrogens with zero attached hydrogens (tertiary/aromatic N) is 1. The highest BCUT2D eigenvalue weighted by molar-refractivity contribution is 14.1. The minimum Gasteiger partial charge on any atom is -0.478 e. The van der Waals surface area contributed by atoms with Gasteiger partial charge in [0.25, 0.3) is 11.8 Å². The second-order valence-electron chi connectivity index (χ2n) is 14.9. The number of benzene rings is 8. The number of nitrogen functional groups attached to an aromatic ring is 1. The maximum absolute atomic E-state index is 13.9. The van der Waals surface area contributed by atoms with Crippen molar-refractivity contribution in [1.82, 2.24) is 5.32 Å². The van der Waals surface area contributed by atoms with E-state index < -0.39 is 5.97 Å². The summed E-state index contributed by atoms with van der Waals surface area (Å²) < 4.78 is 31.1. The molecule has 0 aliphatic carbocycles. The van der Waals surface area contributed by atoms with Gasteiger partial charge in [0.2, 0.25) is 0 Å². The molecule has 17 heteroatoms. The molecule has 0 spiro atoms. The smallest absolute Gasteiger partial charge is 0.336 e. The van der Waals surface area contributed by atoms with Gasteiger partial charge in [-0.1, -0.05) is 139 Å². The van der Waals surface area contributed by atoms with Crippen molar-refractivity contribution in [2.45, 2.75) is 19.6 Å². The Bertz CT molecular complexity index is 3070. The fourth-order valence-corrected chi connectivity index (χ4v) is 8.99. The summed E-state index contributed by atoms with van der Waals surface area (Å²) in [6, 6.07) is 54.6. The van der Waals surface area contributed by atoms with Gasteiger partial charge in [0, 0.05) is 42.9 Å². The van der Waals surface area contributed by atoms with E-state index in [9.17, 15) is 23.2 Å². The molecule has 0 atom stereocenters. The maximum atomic E-state index is 13.9. The Morgan fingerprint density at radius 3 is 1.62 bits per heavy atom. The summed E-state index contributed by atoms with van der Waals surface area (Å²) in [6.07, 6.45) is 0. The van der Waals surface area contributed by atoms with Gasteiger partial charge in [-0.3, -0.25) is 9.59 Å². The second kappa shape index (κ2) is 29.1. The lowest BCUT2D eigenvalue weighted by Gasteiger charge is -2.23. The van der Waals surface area contributed by atoms with E-state index in [-0.39, 0.29) is 23.4 Å². The van der Waals surface area contributed by atoms with Crippen LogP contribution in [0.25, 0.3) is 0 Å². The Kier molecular flexibility index (Phi) is 23.4. The molecule has 7 N–H and O–H groups in total. The van der Waals surface area contributed by atoms with E-state index in [0.29, 0.717) is 59.1 Å². The van der Waals surface area contributed by atoms with E-state index in [1.54, 1.807) is 35.2 Å². The van der Waals surface area contributed by atoms with Crippen LogP contribution in [0.5, 0.6) is 0 Å². The minimum atomic E-state index is -0.893. The third-order valence-corrected chi connectivity index (χ3v) is 14.1. The highest BCUT2D eigenvalue weighted by Crippen LogP contribution is 2.38. The van der Waals surface area contributed by atoms with Crippen LogP contribution in [-0.4, -0.2) is 22.9 Å². The number of anilines is 4. The highest BCUT2D eigenvalue weighted by Gasteiger charge is 2.27. The van der Waals surface area contributed by atoms with E-state index in [4.69, 9.17) is 16.6 Å². The van der Waals surface area contributed by atoms with Crippen LogP contribution in [0.1, 0.15) is 47.8 Å². The first-order valence-corrected chi connectivity index (χ1v) is 26.8. The molecule has 9 nitrogen and oxygen atoms in total. The number of hydrogen-bond acceptors (Lipinski definition) is 6. The standard InChI is InChI=1S/C20H14BrFN2O.C14H11BrINO.C7H4BrIO2.C7H9N.C6H5FIN/c21-14-6-8-17-16(10-14)20(25)24(12-13-4-2-1-3-5-13)19-11-15(22)7-9-18(19)23-17;15-11-6-7-13(16)12(8-11)14(18)17-9-10-4-2-1-3-5-10;8-4-1-2-6(9)5(3-4)7(10)11;8-6-7-4-2-1-3-5-7;7-4-1-2-6(9)5(8)3-4/h1-11,23H,12H2;1-8H,9H2,(H,17,18);1-3H,(H,10,11);1-5H,6,8H2;1-3H,9H2. The normalized spacial score (nSPS) is 10.8. The number of carbonyl (C=O) groups is 3. The lowest BCUT2D eigenvalue weighted by Crippen LogP contribution is -2.29. The van der Waals surface area contributed by atoms with Gasteiger partial charge in [-0.15, -0.1) is 0 Å². The third kappa shape index (κ3) is 18.3. The van der Waals surface area contributed by atoms with Gasteiger partial charge < -0.3 is 32.1 Å². The Balaban J connectivity index is 0.000000178. The van der Waals surface area contributed by atoms with Crippen LogP contribution in [0.4, 0.5) is 31.5 Å². The molecule has 0 saturated heterocycles. The molecule has 8 aromatic rings. The molecular weight excluding hydrogens is 1440 g/mol. The Morgan fingerprint density at radius 1 is 0.592 bits per heavy atom. The molecule has 1 aliphatic rings. The monoisotopic (exact) mass is 1480 g/mol. The first kappa shape index (κ1) is 57.1. The molecule has 2 amide bonds. The molecule has 0 bridgehead atoms. The van der Waals surface area contributed by atoms with Gasteiger partial charge in [-0.25, -0.2) is 13.6 Å². The number of fused-ring (bicyclic) bond motifs is 2. The van der Waals surface area contributed by atoms with Crippen LogP contribution in [0.3, 0.4) is 0 Å². The van der Waals surface area contributed by atoms with E-state index in [0.717, 1.165) is 35.3 Å². The summed E-state index contributed by atoms with van der Waals surface area (Å²) in [7, 11) is 0. The Labute approximate surface area is 477 Å². The Morgan fingerprint density at radius 2 is 1.08 bits per heavy atom. The highest BCUT2D eigenvalue weighted by atomic mass is 127. The van der Waals surface area contributed by atoms with E-state index in [1.165, 1.54) is 29.8 Å². The number of nitrogens with two attached hydrogens (primary N) is 2. The topological polar surface area (TPSA) is 151 Å². The average molecular weight is 1480 g/mol. The van der Waals surface area contributed by atoms with Crippen LogP contribution in [0.2, 0.25) is 0 Å². The summed E-state index contributed by atoms with van der Waals surface area (Å²) in [4.78, 5) is 37.4. The van der Waals surface area contributed by atoms with E-state index >= 15 is 0 Å². The minimum absolute atomic E-state index is 0.0513. The van der Waals surface area contributed by atoms with Crippen molar-refractivity contribution in [1.29, 1.82) is 0 Å². The quantitative estimate of drug-likeness (QED) is 0.0787. The zero-order valence-electron chi connectivity index (χ0n) is 37.2. The molecule has 0 aromatic heterocycles. The molecule has 1 heterocycles. The summed E-state index contributed by atoms with van der Waals surface area (Å²) >= 11 is 16.1. The number of rotatable bonds is 7. The second-order valence-corrected chi connectivity index (χ2v) is 21.2. The predicted octanol–water partition coefficient (Wildman–Crippen LogP) is 15.4. The van der Waals surface area contributed by atoms with Gasteiger partial charge >= 0.3 is 5.97 Å². The van der Waals surface area contributed by atoms with Crippen molar-refractivity contribution in [2.24, 2.45) is 5.73 Å². The lowest BCUT2D eigenvalue weighted by atomic mass is 10.1. The number of aromatic carboxylic acids is 1. The predicted molar refractivity (Wildman–Crippen MR) is 317 cm³/mol. The molecule has 71 heavy (non-hydrogen) atoms. The molecule has 0 radical (unpaired) electrons. The summed E-state index contributed by atoms with van der Waals surface area (Å²) in [5, 5.41) is 14.8. The van der Waals surface area contributed by atoms with E-state index in [2.05, 4.69) is 81.0 Å². The molecule has 0 fully saturated rings. The van der Waals surface area contributed by atoms with Gasteiger partial charge in [0.1, 0.15) is 11.6 Å². The van der Waals surface area contributed by atoms with Crippen LogP contribution < -0.4 is 27.0 Å². The SMILES string of the molecule is NCc1ccccc1.Nc1ccc(F)cc1I.O=C(NCc1ccccc1)c1cc(Br)ccc1I.O=C(O)c1cc(Br)ccc1I.O=C1c2cc(Br)ccc2Nc2ccc(F)cc2N1Cc1ccccc1. The van der Waals surface area contributed by atoms with Crippen molar-refractivity contribution in [3.05, 3.63) is 251 Å². The van der Waals surface area contributed by atoms with Crippen LogP contribution in [0.15, 0.2) is 195 Å². The number of carboxylic acids is 1. The van der Waals surface area contributed by atoms with Gasteiger partial charge in [0.05, 0.1) is 40.3 Å². The largest absolute Gasteiger partial charge is 0.478 e. The molecule has 364 valence electrons. The van der Waals surface area contributed by atoms with Crippen molar-refractivity contribution < 1.29 is 28.3 Å². The van der Waals surface area contributed by atoms with Gasteiger partial charge in [-0.2, -0.15) is 0 Å². The van der Waals surface area contributed by atoms with Gasteiger partial charge in [0.15, 0.2) is 0 Å². The first-order chi connectivity index (χ1) is 34.0. The molecule has 1 aliphatic heterocycles. The fraction of sp³-hybridized carbons (Fsp3) is 0.0556. The van der Waals surface area contributed by atoms with Crippen molar-refractivity contribution >= 4 is 156 Å². The summed E-state index contributed by atoms with van der Waals surface area (Å²) in [5.41, 5.74) is 18.2. The zero-order valence-corrected chi connectivity index (χ0v) is 48.5. The van der Waals surface area contributed by atoms with Gasteiger partial charge in [-0.05, 0) is 175 Å². The number of hydrogen-bond donors (Lipinski definition) is 5. The van der Waals surface area contributed by atoms with Crippen molar-refractivity contribution in [3.8, 4) is 0 Å². The molecule has 0 saturated carbocycles. The van der Waals surface area contributed by atoms with Crippen LogP contribution in [0, 0.1) is 22.3 Å².